The molecule has 1 aliphatic carbocycles. The zero-order valence-electron chi connectivity index (χ0n) is 12.2. The summed E-state index contributed by atoms with van der Waals surface area (Å²) in [5, 5.41) is 0.618. The normalized spacial score (nSPS) is 42.0. The topological polar surface area (TPSA) is 36.9 Å². The predicted octanol–water partition coefficient (Wildman–Crippen LogP) is 3.23. The van der Waals surface area contributed by atoms with Gasteiger partial charge in [-0.05, 0) is 25.2 Å². The first-order valence-corrected chi connectivity index (χ1v) is 8.91. The smallest absolute Gasteiger partial charge is 0.207 e. The van der Waals surface area contributed by atoms with Gasteiger partial charge in [0.1, 0.15) is 12.7 Å². The minimum Gasteiger partial charge on any atom is -0.376 e. The minimum atomic E-state index is -0.667. The molecule has 0 spiro atoms. The number of fused-ring (bicyclic) bond motifs is 2. The predicted molar refractivity (Wildman–Crippen MR) is 78.9 cm³/mol. The second kappa shape index (κ2) is 6.21. The molecule has 2 bridgehead atoms. The Morgan fingerprint density at radius 2 is 2.00 bits per heavy atom. The summed E-state index contributed by atoms with van der Waals surface area (Å²) in [6.07, 6.45) is 8.41. The van der Waals surface area contributed by atoms with Crippen molar-refractivity contribution < 1.29 is 18.9 Å². The largest absolute Gasteiger partial charge is 0.376 e. The third-order valence-corrected chi connectivity index (χ3v) is 5.73. The van der Waals surface area contributed by atoms with Crippen LogP contribution in [0.1, 0.15) is 44.9 Å². The lowest BCUT2D eigenvalue weighted by molar-refractivity contribution is -0.316. The van der Waals surface area contributed by atoms with Crippen molar-refractivity contribution in [2.45, 2.75) is 62.6 Å². The van der Waals surface area contributed by atoms with Gasteiger partial charge in [0, 0.05) is 13.5 Å². The standard InChI is InChI=1S/C15H25BrO4/c1-17-13-7-8-14(11-19-15(13,10-16)20-14)18-9-12-5-3-2-4-6-12/h12-13H,2-11H2,1H3/t13-,14-,15?/m1/s1. The minimum absolute atomic E-state index is 0.0178. The number of alkyl halides is 1. The van der Waals surface area contributed by atoms with Gasteiger partial charge in [-0.1, -0.05) is 35.2 Å². The van der Waals surface area contributed by atoms with Crippen molar-refractivity contribution in [2.75, 3.05) is 25.7 Å². The first-order valence-electron chi connectivity index (χ1n) is 7.79. The molecule has 1 unspecified atom stereocenters. The summed E-state index contributed by atoms with van der Waals surface area (Å²) in [5.41, 5.74) is 0. The highest BCUT2D eigenvalue weighted by molar-refractivity contribution is 9.09. The molecule has 0 aromatic rings. The third-order valence-electron chi connectivity index (χ3n) is 4.95. The van der Waals surface area contributed by atoms with Gasteiger partial charge in [-0.15, -0.1) is 0 Å². The maximum absolute atomic E-state index is 6.20. The van der Waals surface area contributed by atoms with Crippen LogP contribution in [0.15, 0.2) is 0 Å². The van der Waals surface area contributed by atoms with E-state index >= 15 is 0 Å². The molecule has 20 heavy (non-hydrogen) atoms. The lowest BCUT2D eigenvalue weighted by Gasteiger charge is -2.41. The number of hydrogen-bond acceptors (Lipinski definition) is 4. The fourth-order valence-electron chi connectivity index (χ4n) is 3.67. The van der Waals surface area contributed by atoms with E-state index < -0.39 is 11.6 Å². The number of hydrogen-bond donors (Lipinski definition) is 0. The molecule has 4 nitrogen and oxygen atoms in total. The number of ether oxygens (including phenoxy) is 4. The van der Waals surface area contributed by atoms with Crippen LogP contribution in [-0.2, 0) is 18.9 Å². The van der Waals surface area contributed by atoms with Crippen molar-refractivity contribution in [3.05, 3.63) is 0 Å². The van der Waals surface area contributed by atoms with Gasteiger partial charge in [-0.25, -0.2) is 0 Å². The Balaban J connectivity index is 1.59. The van der Waals surface area contributed by atoms with Crippen molar-refractivity contribution in [3.8, 4) is 0 Å². The molecule has 2 aliphatic heterocycles. The summed E-state index contributed by atoms with van der Waals surface area (Å²) in [7, 11) is 1.72. The third kappa shape index (κ3) is 2.80. The second-order valence-electron chi connectivity index (χ2n) is 6.32. The van der Waals surface area contributed by atoms with E-state index in [0.717, 1.165) is 19.4 Å². The second-order valence-corrected chi connectivity index (χ2v) is 6.89. The summed E-state index contributed by atoms with van der Waals surface area (Å²) in [5.74, 6) is -0.513. The number of halogens is 1. The van der Waals surface area contributed by atoms with Gasteiger partial charge in [-0.3, -0.25) is 0 Å². The van der Waals surface area contributed by atoms with Crippen LogP contribution in [0.2, 0.25) is 0 Å². The molecule has 2 heterocycles. The van der Waals surface area contributed by atoms with Crippen LogP contribution in [0.3, 0.4) is 0 Å². The Hall–Kier alpha value is 0.320. The van der Waals surface area contributed by atoms with Gasteiger partial charge in [-0.2, -0.15) is 0 Å². The molecule has 3 atom stereocenters. The van der Waals surface area contributed by atoms with Gasteiger partial charge in [0.25, 0.3) is 0 Å². The molecular formula is C15H25BrO4. The zero-order valence-corrected chi connectivity index (χ0v) is 13.8. The average molecular weight is 349 g/mol. The van der Waals surface area contributed by atoms with E-state index in [0.29, 0.717) is 17.9 Å². The molecule has 3 rings (SSSR count). The molecule has 5 heteroatoms. The van der Waals surface area contributed by atoms with Gasteiger partial charge in [0.05, 0.1) is 11.9 Å². The van der Waals surface area contributed by atoms with Crippen LogP contribution in [-0.4, -0.2) is 43.3 Å². The van der Waals surface area contributed by atoms with E-state index in [2.05, 4.69) is 15.9 Å². The van der Waals surface area contributed by atoms with E-state index in [1.165, 1.54) is 32.1 Å². The summed E-state index contributed by atoms with van der Waals surface area (Å²) in [6, 6.07) is 0. The Kier molecular flexibility index (Phi) is 4.73. The Labute approximate surface area is 129 Å². The highest BCUT2D eigenvalue weighted by atomic mass is 79.9. The van der Waals surface area contributed by atoms with E-state index in [4.69, 9.17) is 18.9 Å². The molecule has 3 aliphatic rings. The van der Waals surface area contributed by atoms with E-state index in [9.17, 15) is 0 Å². The fourth-order valence-corrected chi connectivity index (χ4v) is 4.31. The maximum Gasteiger partial charge on any atom is 0.207 e. The summed E-state index contributed by atoms with van der Waals surface area (Å²) in [4.78, 5) is 0. The Morgan fingerprint density at radius 1 is 1.20 bits per heavy atom. The van der Waals surface area contributed by atoms with Gasteiger partial charge >= 0.3 is 0 Å². The first kappa shape index (κ1) is 15.2. The van der Waals surface area contributed by atoms with Crippen molar-refractivity contribution in [3.63, 3.8) is 0 Å². The number of rotatable bonds is 5. The van der Waals surface area contributed by atoms with Gasteiger partial charge in [0.15, 0.2) is 5.79 Å². The zero-order chi connectivity index (χ0) is 14.1. The molecular weight excluding hydrogens is 324 g/mol. The molecule has 1 saturated carbocycles. The lowest BCUT2D eigenvalue weighted by atomic mass is 9.90. The molecule has 0 radical (unpaired) electrons. The van der Waals surface area contributed by atoms with Crippen molar-refractivity contribution in [2.24, 2.45) is 5.92 Å². The quantitative estimate of drug-likeness (QED) is 0.714. The summed E-state index contributed by atoms with van der Waals surface area (Å²) < 4.78 is 23.9. The van der Waals surface area contributed by atoms with Gasteiger partial charge < -0.3 is 18.9 Å². The number of methoxy groups -OCH3 is 1. The molecule has 116 valence electrons. The first-order chi connectivity index (χ1) is 9.72. The average Bonchev–Trinajstić information content (AvgIpc) is 2.82. The Morgan fingerprint density at radius 3 is 2.70 bits per heavy atom. The van der Waals surface area contributed by atoms with E-state index in [1.807, 2.05) is 0 Å². The van der Waals surface area contributed by atoms with Crippen LogP contribution in [0.5, 0.6) is 0 Å². The monoisotopic (exact) mass is 348 g/mol. The van der Waals surface area contributed by atoms with Crippen LogP contribution in [0.4, 0.5) is 0 Å². The van der Waals surface area contributed by atoms with Crippen LogP contribution < -0.4 is 0 Å². The van der Waals surface area contributed by atoms with Crippen molar-refractivity contribution in [1.82, 2.24) is 0 Å². The van der Waals surface area contributed by atoms with Crippen LogP contribution in [0.25, 0.3) is 0 Å². The molecule has 0 N–H and O–H groups in total. The molecule has 0 aromatic carbocycles. The lowest BCUT2D eigenvalue weighted by Crippen LogP contribution is -2.53. The summed E-state index contributed by atoms with van der Waals surface area (Å²) in [6.45, 7) is 1.32. The van der Waals surface area contributed by atoms with E-state index in [1.54, 1.807) is 7.11 Å². The van der Waals surface area contributed by atoms with Crippen molar-refractivity contribution >= 4 is 15.9 Å². The maximum atomic E-state index is 6.20. The fraction of sp³-hybridized carbons (Fsp3) is 1.00. The Bertz CT molecular complexity index is 330. The molecule has 0 amide bonds. The molecule has 3 fully saturated rings. The van der Waals surface area contributed by atoms with Gasteiger partial charge in [0.2, 0.25) is 5.79 Å². The summed E-state index contributed by atoms with van der Waals surface area (Å²) >= 11 is 3.50. The van der Waals surface area contributed by atoms with E-state index in [-0.39, 0.29) is 6.10 Å². The SMILES string of the molecule is CO[C@@H]1CC[C@]2(OCC3CCCCC3)COC1(CBr)O2. The highest BCUT2D eigenvalue weighted by Crippen LogP contribution is 2.46. The van der Waals surface area contributed by atoms with Crippen molar-refractivity contribution in [1.29, 1.82) is 0 Å². The highest BCUT2D eigenvalue weighted by Gasteiger charge is 2.59. The van der Waals surface area contributed by atoms with Crippen LogP contribution >= 0.6 is 15.9 Å². The van der Waals surface area contributed by atoms with Crippen LogP contribution in [0, 0.1) is 5.92 Å². The molecule has 0 aromatic heterocycles. The molecule has 2 saturated heterocycles.